The molecule has 0 amide bonds. The average Bonchev–Trinajstić information content (AvgIpc) is 2.03. The van der Waals surface area contributed by atoms with E-state index in [0.29, 0.717) is 0 Å². The monoisotopic (exact) mass is 283 g/mol. The number of alkyl halides is 1. The molecule has 0 radical (unpaired) electrons. The first-order valence-electron chi connectivity index (χ1n) is 2.70. The Morgan fingerprint density at radius 2 is 2.40 bits per heavy atom. The number of hydrogen-bond acceptors (Lipinski definition) is 3. The van der Waals surface area contributed by atoms with Crippen molar-refractivity contribution in [1.82, 2.24) is 4.98 Å². The molecular formula is C6H6INS2. The van der Waals surface area contributed by atoms with Gasteiger partial charge in [0.25, 0.3) is 0 Å². The second kappa shape index (κ2) is 5.26. The minimum Gasteiger partial charge on any atom is -0.249 e. The smallest absolute Gasteiger partial charge is 0.106 e. The number of rotatable bonds is 3. The summed E-state index contributed by atoms with van der Waals surface area (Å²) in [5.41, 5.74) is 0. The van der Waals surface area contributed by atoms with Crippen LogP contribution in [0.3, 0.4) is 0 Å². The van der Waals surface area contributed by atoms with Crippen LogP contribution in [0.2, 0.25) is 0 Å². The van der Waals surface area contributed by atoms with Crippen LogP contribution in [0, 0.1) is 0 Å². The van der Waals surface area contributed by atoms with E-state index < -0.39 is 0 Å². The fraction of sp³-hybridized carbons (Fsp3) is 0.167. The third-order valence-electron chi connectivity index (χ3n) is 0.827. The predicted molar refractivity (Wildman–Crippen MR) is 56.6 cm³/mol. The van der Waals surface area contributed by atoms with Gasteiger partial charge in [-0.3, -0.25) is 0 Å². The molecule has 4 heteroatoms. The average molecular weight is 283 g/mol. The summed E-state index contributed by atoms with van der Waals surface area (Å²) in [5.74, 6) is 0. The summed E-state index contributed by atoms with van der Waals surface area (Å²) in [6.07, 6.45) is 1.82. The zero-order valence-corrected chi connectivity index (χ0v) is 8.95. The van der Waals surface area contributed by atoms with Crippen LogP contribution in [0.1, 0.15) is 0 Å². The fourth-order valence-corrected chi connectivity index (χ4v) is 2.82. The van der Waals surface area contributed by atoms with Crippen molar-refractivity contribution in [3.05, 3.63) is 24.4 Å². The molecule has 1 aromatic rings. The number of hydrogen-bond donors (Lipinski definition) is 0. The van der Waals surface area contributed by atoms with Gasteiger partial charge < -0.3 is 0 Å². The molecule has 0 bridgehead atoms. The first kappa shape index (κ1) is 8.67. The Balaban J connectivity index is 2.43. The Labute approximate surface area is 81.9 Å². The summed E-state index contributed by atoms with van der Waals surface area (Å²) in [6.45, 7) is 0. The molecule has 1 heterocycles. The molecule has 0 saturated heterocycles. The minimum absolute atomic E-state index is 1.09. The first-order valence-corrected chi connectivity index (χ1v) is 6.54. The van der Waals surface area contributed by atoms with Crippen molar-refractivity contribution in [1.29, 1.82) is 0 Å². The molecule has 1 aromatic heterocycles. The van der Waals surface area contributed by atoms with Crippen LogP contribution in [0.4, 0.5) is 0 Å². The maximum atomic E-state index is 4.16. The van der Waals surface area contributed by atoms with E-state index in [0.717, 1.165) is 8.79 Å². The molecule has 54 valence electrons. The standard InChI is InChI=1S/C6H6INS2/c7-5-9-10-6-3-1-2-4-8-6/h1-4H,5H2. The molecule has 1 rings (SSSR count). The van der Waals surface area contributed by atoms with Gasteiger partial charge in [-0.25, -0.2) is 4.98 Å². The lowest BCUT2D eigenvalue weighted by Gasteiger charge is -1.93. The van der Waals surface area contributed by atoms with Crippen LogP contribution < -0.4 is 0 Å². The van der Waals surface area contributed by atoms with Gasteiger partial charge in [-0.2, -0.15) is 0 Å². The molecule has 0 aliphatic heterocycles. The SMILES string of the molecule is ICSSc1ccccn1. The van der Waals surface area contributed by atoms with Crippen molar-refractivity contribution in [2.75, 3.05) is 3.76 Å². The van der Waals surface area contributed by atoms with Gasteiger partial charge in [-0.05, 0) is 22.9 Å². The lowest BCUT2D eigenvalue weighted by molar-refractivity contribution is 1.14. The van der Waals surface area contributed by atoms with Crippen molar-refractivity contribution in [2.45, 2.75) is 5.03 Å². The third kappa shape index (κ3) is 3.12. The van der Waals surface area contributed by atoms with Crippen molar-refractivity contribution < 1.29 is 0 Å². The largest absolute Gasteiger partial charge is 0.249 e. The zero-order chi connectivity index (χ0) is 7.23. The van der Waals surface area contributed by atoms with Gasteiger partial charge in [-0.1, -0.05) is 39.5 Å². The maximum Gasteiger partial charge on any atom is 0.106 e. The van der Waals surface area contributed by atoms with Crippen molar-refractivity contribution >= 4 is 44.2 Å². The quantitative estimate of drug-likeness (QED) is 0.480. The highest BCUT2D eigenvalue weighted by atomic mass is 127. The molecule has 0 atom stereocenters. The van der Waals surface area contributed by atoms with Crippen LogP contribution in [-0.2, 0) is 0 Å². The number of pyridine rings is 1. The lowest BCUT2D eigenvalue weighted by Crippen LogP contribution is -1.72. The van der Waals surface area contributed by atoms with E-state index in [-0.39, 0.29) is 0 Å². The zero-order valence-electron chi connectivity index (χ0n) is 5.16. The fourth-order valence-electron chi connectivity index (χ4n) is 0.479. The summed E-state index contributed by atoms with van der Waals surface area (Å²) in [7, 11) is 3.52. The predicted octanol–water partition coefficient (Wildman–Crippen LogP) is 3.21. The summed E-state index contributed by atoms with van der Waals surface area (Å²) >= 11 is 2.33. The van der Waals surface area contributed by atoms with Crippen LogP contribution in [0.15, 0.2) is 29.4 Å². The van der Waals surface area contributed by atoms with Crippen LogP contribution in [-0.4, -0.2) is 8.74 Å². The van der Waals surface area contributed by atoms with Gasteiger partial charge >= 0.3 is 0 Å². The van der Waals surface area contributed by atoms with Crippen LogP contribution >= 0.6 is 44.2 Å². The van der Waals surface area contributed by atoms with Crippen LogP contribution in [0.25, 0.3) is 0 Å². The van der Waals surface area contributed by atoms with E-state index in [2.05, 4.69) is 27.6 Å². The van der Waals surface area contributed by atoms with Gasteiger partial charge in [0.05, 0.1) is 3.76 Å². The number of aromatic nitrogens is 1. The minimum atomic E-state index is 1.09. The number of halogens is 1. The van der Waals surface area contributed by atoms with E-state index in [1.54, 1.807) is 21.6 Å². The molecule has 0 N–H and O–H groups in total. The molecule has 0 saturated carbocycles. The van der Waals surface area contributed by atoms with Gasteiger partial charge in [0.2, 0.25) is 0 Å². The lowest BCUT2D eigenvalue weighted by atomic mass is 10.5. The molecule has 0 aliphatic carbocycles. The maximum absolute atomic E-state index is 4.16. The summed E-state index contributed by atoms with van der Waals surface area (Å²) in [6, 6.07) is 5.95. The van der Waals surface area contributed by atoms with E-state index in [1.807, 2.05) is 24.4 Å². The highest BCUT2D eigenvalue weighted by Crippen LogP contribution is 2.29. The molecule has 0 fully saturated rings. The highest BCUT2D eigenvalue weighted by Gasteiger charge is 1.90. The second-order valence-electron chi connectivity index (χ2n) is 1.48. The Morgan fingerprint density at radius 3 is 3.00 bits per heavy atom. The van der Waals surface area contributed by atoms with Crippen molar-refractivity contribution in [3.63, 3.8) is 0 Å². The van der Waals surface area contributed by atoms with E-state index in [1.165, 1.54) is 0 Å². The Morgan fingerprint density at radius 1 is 1.50 bits per heavy atom. The van der Waals surface area contributed by atoms with Crippen molar-refractivity contribution in [3.8, 4) is 0 Å². The summed E-state index contributed by atoms with van der Waals surface area (Å²) < 4.78 is 1.10. The van der Waals surface area contributed by atoms with E-state index >= 15 is 0 Å². The molecule has 0 spiro atoms. The van der Waals surface area contributed by atoms with Gasteiger partial charge in [-0.15, -0.1) is 0 Å². The van der Waals surface area contributed by atoms with Gasteiger partial charge in [0, 0.05) is 6.20 Å². The van der Waals surface area contributed by atoms with E-state index in [4.69, 9.17) is 0 Å². The van der Waals surface area contributed by atoms with Crippen molar-refractivity contribution in [2.24, 2.45) is 0 Å². The molecule has 0 aliphatic rings. The highest BCUT2D eigenvalue weighted by molar-refractivity contribution is 14.1. The first-order chi connectivity index (χ1) is 4.93. The number of nitrogens with zero attached hydrogens (tertiary/aromatic N) is 1. The summed E-state index contributed by atoms with van der Waals surface area (Å²) in [5, 5.41) is 1.09. The second-order valence-corrected chi connectivity index (χ2v) is 5.59. The van der Waals surface area contributed by atoms with Gasteiger partial charge in [0.15, 0.2) is 0 Å². The Hall–Kier alpha value is 0.580. The Kier molecular flexibility index (Phi) is 4.56. The topological polar surface area (TPSA) is 12.9 Å². The normalized spacial score (nSPS) is 9.70. The van der Waals surface area contributed by atoms with E-state index in [9.17, 15) is 0 Å². The van der Waals surface area contributed by atoms with Gasteiger partial charge in [0.1, 0.15) is 5.03 Å². The summed E-state index contributed by atoms with van der Waals surface area (Å²) in [4.78, 5) is 4.16. The molecule has 0 aromatic carbocycles. The Bertz CT molecular complexity index is 180. The third-order valence-corrected chi connectivity index (χ3v) is 4.87. The molecule has 1 nitrogen and oxygen atoms in total. The molecular weight excluding hydrogens is 277 g/mol. The molecule has 0 unspecified atom stereocenters. The molecule has 10 heavy (non-hydrogen) atoms. The van der Waals surface area contributed by atoms with Crippen LogP contribution in [0.5, 0.6) is 0 Å².